The summed E-state index contributed by atoms with van der Waals surface area (Å²) in [7, 11) is 0. The summed E-state index contributed by atoms with van der Waals surface area (Å²) in [5.41, 5.74) is 7.35. The molecule has 0 atom stereocenters. The first-order valence-corrected chi connectivity index (χ1v) is 6.62. The highest BCUT2D eigenvalue weighted by Crippen LogP contribution is 2.25. The van der Waals surface area contributed by atoms with Crippen LogP contribution >= 0.6 is 31.9 Å². The van der Waals surface area contributed by atoms with Gasteiger partial charge in [-0.15, -0.1) is 0 Å². The van der Waals surface area contributed by atoms with Crippen molar-refractivity contribution in [1.82, 2.24) is 4.98 Å². The van der Waals surface area contributed by atoms with Crippen molar-refractivity contribution in [3.05, 3.63) is 51.2 Å². The quantitative estimate of drug-likeness (QED) is 0.795. The molecule has 0 bridgehead atoms. The predicted octanol–water partition coefficient (Wildman–Crippen LogP) is 3.44. The molecule has 1 amide bonds. The Morgan fingerprint density at radius 2 is 2.00 bits per heavy atom. The van der Waals surface area contributed by atoms with Gasteiger partial charge in [0.15, 0.2) is 0 Å². The van der Waals surface area contributed by atoms with E-state index in [0.29, 0.717) is 16.9 Å². The number of aromatic nitrogens is 1. The second-order valence-electron chi connectivity index (χ2n) is 3.59. The van der Waals surface area contributed by atoms with Gasteiger partial charge >= 0.3 is 0 Å². The van der Waals surface area contributed by atoms with Gasteiger partial charge in [-0.3, -0.25) is 9.78 Å². The second kappa shape index (κ2) is 5.49. The standard InChI is InChI=1S/C12H9Br2N3O/c13-8-3-7(5-16-6-8)12(18)17-11-4-9(15)1-2-10(11)14/h1-6H,15H2,(H,17,18). The fourth-order valence-corrected chi connectivity index (χ4v) is 2.08. The molecule has 2 aromatic rings. The number of amides is 1. The lowest BCUT2D eigenvalue weighted by molar-refractivity contribution is 0.102. The number of pyridine rings is 1. The van der Waals surface area contributed by atoms with Gasteiger partial charge in [-0.05, 0) is 56.1 Å². The fraction of sp³-hybridized carbons (Fsp3) is 0. The topological polar surface area (TPSA) is 68.0 Å². The average Bonchev–Trinajstić information content (AvgIpc) is 2.34. The average molecular weight is 371 g/mol. The van der Waals surface area contributed by atoms with Crippen LogP contribution in [-0.4, -0.2) is 10.9 Å². The van der Waals surface area contributed by atoms with Crippen LogP contribution < -0.4 is 11.1 Å². The van der Waals surface area contributed by atoms with Gasteiger partial charge in [-0.1, -0.05) is 0 Å². The number of carbonyl (C=O) groups is 1. The summed E-state index contributed by atoms with van der Waals surface area (Å²) in [6.45, 7) is 0. The maximum Gasteiger partial charge on any atom is 0.257 e. The van der Waals surface area contributed by atoms with Crippen LogP contribution in [0.4, 0.5) is 11.4 Å². The molecule has 1 heterocycles. The zero-order valence-electron chi connectivity index (χ0n) is 9.15. The van der Waals surface area contributed by atoms with E-state index < -0.39 is 0 Å². The highest BCUT2D eigenvalue weighted by atomic mass is 79.9. The minimum Gasteiger partial charge on any atom is -0.399 e. The normalized spacial score (nSPS) is 10.1. The second-order valence-corrected chi connectivity index (χ2v) is 5.36. The number of nitrogens with one attached hydrogen (secondary N) is 1. The smallest absolute Gasteiger partial charge is 0.257 e. The fourth-order valence-electron chi connectivity index (χ4n) is 1.37. The molecule has 6 heteroatoms. The molecule has 18 heavy (non-hydrogen) atoms. The zero-order chi connectivity index (χ0) is 13.1. The molecule has 0 spiro atoms. The summed E-state index contributed by atoms with van der Waals surface area (Å²) in [6, 6.07) is 6.92. The SMILES string of the molecule is Nc1ccc(Br)c(NC(=O)c2cncc(Br)c2)c1. The van der Waals surface area contributed by atoms with Gasteiger partial charge in [0, 0.05) is 27.0 Å². The summed E-state index contributed by atoms with van der Waals surface area (Å²) in [5.74, 6) is -0.241. The minimum atomic E-state index is -0.241. The lowest BCUT2D eigenvalue weighted by atomic mass is 10.2. The summed E-state index contributed by atoms with van der Waals surface area (Å²) >= 11 is 6.62. The van der Waals surface area contributed by atoms with Crippen LogP contribution in [0.1, 0.15) is 10.4 Å². The van der Waals surface area contributed by atoms with Crippen LogP contribution in [0.2, 0.25) is 0 Å². The van der Waals surface area contributed by atoms with E-state index in [-0.39, 0.29) is 5.91 Å². The lowest BCUT2D eigenvalue weighted by Gasteiger charge is -2.08. The maximum absolute atomic E-state index is 12.0. The molecule has 3 N–H and O–H groups in total. The van der Waals surface area contributed by atoms with Crippen LogP contribution in [0.5, 0.6) is 0 Å². The van der Waals surface area contributed by atoms with Crippen LogP contribution in [0.3, 0.4) is 0 Å². The summed E-state index contributed by atoms with van der Waals surface area (Å²) < 4.78 is 1.52. The van der Waals surface area contributed by atoms with Gasteiger partial charge in [-0.25, -0.2) is 0 Å². The molecule has 2 rings (SSSR count). The van der Waals surface area contributed by atoms with Crippen LogP contribution in [0.25, 0.3) is 0 Å². The van der Waals surface area contributed by atoms with Gasteiger partial charge in [0.05, 0.1) is 11.3 Å². The van der Waals surface area contributed by atoms with E-state index in [0.717, 1.165) is 8.95 Å². The summed E-state index contributed by atoms with van der Waals surface area (Å²) in [6.07, 6.45) is 3.12. The third-order valence-electron chi connectivity index (χ3n) is 2.21. The van der Waals surface area contributed by atoms with Crippen molar-refractivity contribution < 1.29 is 4.79 Å². The number of nitrogen functional groups attached to an aromatic ring is 1. The lowest BCUT2D eigenvalue weighted by Crippen LogP contribution is -2.12. The molecule has 0 saturated carbocycles. The number of nitrogens with two attached hydrogens (primary N) is 1. The Morgan fingerprint density at radius 1 is 1.22 bits per heavy atom. The first kappa shape index (κ1) is 13.0. The molecule has 1 aromatic heterocycles. The molecular weight excluding hydrogens is 362 g/mol. The number of carbonyl (C=O) groups excluding carboxylic acids is 1. The third-order valence-corrected chi connectivity index (χ3v) is 3.33. The highest BCUT2D eigenvalue weighted by Gasteiger charge is 2.09. The van der Waals surface area contributed by atoms with Gasteiger partial charge in [0.2, 0.25) is 0 Å². The van der Waals surface area contributed by atoms with E-state index in [1.165, 1.54) is 6.20 Å². The predicted molar refractivity (Wildman–Crippen MR) is 78.4 cm³/mol. The largest absolute Gasteiger partial charge is 0.399 e. The number of anilines is 2. The molecule has 0 saturated heterocycles. The molecule has 4 nitrogen and oxygen atoms in total. The summed E-state index contributed by atoms with van der Waals surface area (Å²) in [5, 5.41) is 2.77. The number of rotatable bonds is 2. The van der Waals surface area contributed by atoms with Crippen molar-refractivity contribution in [1.29, 1.82) is 0 Å². The molecule has 0 radical (unpaired) electrons. The highest BCUT2D eigenvalue weighted by molar-refractivity contribution is 9.10. The molecule has 0 aliphatic heterocycles. The van der Waals surface area contributed by atoms with E-state index in [1.54, 1.807) is 30.5 Å². The number of hydrogen-bond donors (Lipinski definition) is 2. The minimum absolute atomic E-state index is 0.241. The van der Waals surface area contributed by atoms with Crippen molar-refractivity contribution >= 4 is 49.1 Å². The number of benzene rings is 1. The van der Waals surface area contributed by atoms with Crippen molar-refractivity contribution in [3.8, 4) is 0 Å². The Balaban J connectivity index is 2.24. The van der Waals surface area contributed by atoms with Gasteiger partial charge in [0.1, 0.15) is 0 Å². The zero-order valence-corrected chi connectivity index (χ0v) is 12.3. The number of hydrogen-bond acceptors (Lipinski definition) is 3. The maximum atomic E-state index is 12.0. The van der Waals surface area contributed by atoms with E-state index >= 15 is 0 Å². The van der Waals surface area contributed by atoms with E-state index in [9.17, 15) is 4.79 Å². The van der Waals surface area contributed by atoms with E-state index in [1.807, 2.05) is 0 Å². The molecule has 0 fully saturated rings. The Hall–Kier alpha value is -1.40. The molecule has 92 valence electrons. The first-order valence-electron chi connectivity index (χ1n) is 5.03. The van der Waals surface area contributed by atoms with Crippen molar-refractivity contribution in [3.63, 3.8) is 0 Å². The van der Waals surface area contributed by atoms with Crippen molar-refractivity contribution in [2.75, 3.05) is 11.1 Å². The molecule has 0 aliphatic carbocycles. The Labute approximate surface area is 121 Å². The van der Waals surface area contributed by atoms with Crippen LogP contribution in [0.15, 0.2) is 45.6 Å². The van der Waals surface area contributed by atoms with E-state index in [2.05, 4.69) is 42.2 Å². The summed E-state index contributed by atoms with van der Waals surface area (Å²) in [4.78, 5) is 15.9. The monoisotopic (exact) mass is 369 g/mol. The van der Waals surface area contributed by atoms with Crippen molar-refractivity contribution in [2.24, 2.45) is 0 Å². The molecule has 1 aromatic carbocycles. The molecule has 0 unspecified atom stereocenters. The van der Waals surface area contributed by atoms with Crippen LogP contribution in [-0.2, 0) is 0 Å². The van der Waals surface area contributed by atoms with Gasteiger partial charge < -0.3 is 11.1 Å². The van der Waals surface area contributed by atoms with Gasteiger partial charge in [-0.2, -0.15) is 0 Å². The molecular formula is C12H9Br2N3O. The Bertz CT molecular complexity index is 602. The van der Waals surface area contributed by atoms with Gasteiger partial charge in [0.25, 0.3) is 5.91 Å². The number of nitrogens with zero attached hydrogens (tertiary/aromatic N) is 1. The first-order chi connectivity index (χ1) is 8.56. The number of halogens is 2. The third kappa shape index (κ3) is 3.08. The van der Waals surface area contributed by atoms with Crippen molar-refractivity contribution in [2.45, 2.75) is 0 Å². The van der Waals surface area contributed by atoms with Crippen LogP contribution in [0, 0.1) is 0 Å². The van der Waals surface area contributed by atoms with E-state index in [4.69, 9.17) is 5.73 Å². The Kier molecular flexibility index (Phi) is 3.98. The molecule has 0 aliphatic rings. The Morgan fingerprint density at radius 3 is 2.72 bits per heavy atom.